The number of carbonyl (C=O) groups is 1. The van der Waals surface area contributed by atoms with Crippen LogP contribution in [-0.4, -0.2) is 10.9 Å². The van der Waals surface area contributed by atoms with Crippen molar-refractivity contribution in [3.63, 3.8) is 0 Å². The third kappa shape index (κ3) is 4.17. The highest BCUT2D eigenvalue weighted by Crippen LogP contribution is 2.33. The van der Waals surface area contributed by atoms with Gasteiger partial charge in [-0.15, -0.1) is 11.3 Å². The number of carbonyl (C=O) groups excluding carboxylic acids is 1. The average molecular weight is 417 g/mol. The second-order valence-corrected chi connectivity index (χ2v) is 6.90. The molecule has 3 aromatic rings. The molecule has 0 fully saturated rings. The molecule has 1 amide bonds. The summed E-state index contributed by atoms with van der Waals surface area (Å²) in [5.74, 6) is -0.686. The van der Waals surface area contributed by atoms with Crippen LogP contribution in [0.4, 0.5) is 18.3 Å². The number of hydrogen-bond donors (Lipinski definition) is 1. The molecule has 2 aromatic carbocycles. The maximum atomic E-state index is 12.8. The summed E-state index contributed by atoms with van der Waals surface area (Å²) >= 11 is 13.2. The van der Waals surface area contributed by atoms with Crippen molar-refractivity contribution in [2.75, 3.05) is 5.32 Å². The average Bonchev–Trinajstić information content (AvgIpc) is 3.04. The molecule has 0 radical (unpaired) electrons. The summed E-state index contributed by atoms with van der Waals surface area (Å²) in [6.45, 7) is 0. The Morgan fingerprint density at radius 2 is 1.88 bits per heavy atom. The van der Waals surface area contributed by atoms with Crippen LogP contribution in [0.15, 0.2) is 47.8 Å². The molecule has 0 aliphatic rings. The molecule has 0 saturated carbocycles. The van der Waals surface area contributed by atoms with E-state index in [0.29, 0.717) is 21.3 Å². The predicted molar refractivity (Wildman–Crippen MR) is 97.0 cm³/mol. The molecule has 0 saturated heterocycles. The quantitative estimate of drug-likeness (QED) is 0.537. The van der Waals surface area contributed by atoms with Gasteiger partial charge in [-0.3, -0.25) is 10.1 Å². The van der Waals surface area contributed by atoms with Crippen LogP contribution in [0.1, 0.15) is 15.9 Å². The zero-order chi connectivity index (χ0) is 18.9. The van der Waals surface area contributed by atoms with Crippen molar-refractivity contribution in [2.24, 2.45) is 0 Å². The molecular formula is C17H9Cl2F3N2OS. The first-order chi connectivity index (χ1) is 12.2. The zero-order valence-corrected chi connectivity index (χ0v) is 15.1. The van der Waals surface area contributed by atoms with E-state index in [0.717, 1.165) is 23.5 Å². The van der Waals surface area contributed by atoms with E-state index in [9.17, 15) is 18.0 Å². The van der Waals surface area contributed by atoms with Crippen LogP contribution in [-0.2, 0) is 6.18 Å². The number of amides is 1. The summed E-state index contributed by atoms with van der Waals surface area (Å²) in [7, 11) is 0. The largest absolute Gasteiger partial charge is 0.416 e. The number of halogens is 5. The van der Waals surface area contributed by atoms with Gasteiger partial charge in [0.15, 0.2) is 5.13 Å². The molecule has 0 atom stereocenters. The van der Waals surface area contributed by atoms with Gasteiger partial charge < -0.3 is 0 Å². The molecule has 3 rings (SSSR count). The lowest BCUT2D eigenvalue weighted by Gasteiger charge is -2.08. The second-order valence-electron chi connectivity index (χ2n) is 5.19. The minimum atomic E-state index is -4.52. The van der Waals surface area contributed by atoms with Crippen molar-refractivity contribution in [1.82, 2.24) is 4.98 Å². The monoisotopic (exact) mass is 416 g/mol. The summed E-state index contributed by atoms with van der Waals surface area (Å²) < 4.78 is 38.3. The van der Waals surface area contributed by atoms with Gasteiger partial charge in [0.2, 0.25) is 0 Å². The highest BCUT2D eigenvalue weighted by Gasteiger charge is 2.31. The van der Waals surface area contributed by atoms with E-state index in [-0.39, 0.29) is 10.7 Å². The molecule has 3 nitrogen and oxygen atoms in total. The lowest BCUT2D eigenvalue weighted by atomic mass is 10.1. The maximum absolute atomic E-state index is 12.8. The smallest absolute Gasteiger partial charge is 0.298 e. The molecule has 0 aliphatic heterocycles. The van der Waals surface area contributed by atoms with Gasteiger partial charge >= 0.3 is 6.18 Å². The molecule has 0 unspecified atom stereocenters. The Labute approximate surface area is 160 Å². The maximum Gasteiger partial charge on any atom is 0.416 e. The van der Waals surface area contributed by atoms with Crippen molar-refractivity contribution in [2.45, 2.75) is 6.18 Å². The SMILES string of the molecule is O=C(Nc1nc(-c2cc(Cl)ccc2Cl)cs1)c1cccc(C(F)(F)F)c1. The van der Waals surface area contributed by atoms with E-state index in [4.69, 9.17) is 23.2 Å². The minimum Gasteiger partial charge on any atom is -0.298 e. The number of rotatable bonds is 3. The molecule has 0 spiro atoms. The molecule has 9 heteroatoms. The Kier molecular flexibility index (Phi) is 5.22. The first-order valence-electron chi connectivity index (χ1n) is 7.13. The first kappa shape index (κ1) is 18.7. The summed E-state index contributed by atoms with van der Waals surface area (Å²) in [6, 6.07) is 9.06. The van der Waals surface area contributed by atoms with Gasteiger partial charge in [0.05, 0.1) is 16.3 Å². The van der Waals surface area contributed by atoms with E-state index >= 15 is 0 Å². The standard InChI is InChI=1S/C17H9Cl2F3N2OS/c18-11-4-5-13(19)12(7-11)14-8-26-16(23-14)24-15(25)9-2-1-3-10(6-9)17(20,21)22/h1-8H,(H,23,24,25). The molecular weight excluding hydrogens is 408 g/mol. The van der Waals surface area contributed by atoms with E-state index in [1.165, 1.54) is 12.1 Å². The third-order valence-corrected chi connectivity index (χ3v) is 4.70. The lowest BCUT2D eigenvalue weighted by Crippen LogP contribution is -2.13. The predicted octanol–water partition coefficient (Wildman–Crippen LogP) is 6.39. The molecule has 1 heterocycles. The Morgan fingerprint density at radius 3 is 2.62 bits per heavy atom. The van der Waals surface area contributed by atoms with Gasteiger partial charge in [-0.1, -0.05) is 29.3 Å². The number of anilines is 1. The van der Waals surface area contributed by atoms with Gasteiger partial charge in [-0.05, 0) is 36.4 Å². The summed E-state index contributed by atoms with van der Waals surface area (Å²) in [5.41, 5.74) is 0.0878. The van der Waals surface area contributed by atoms with Crippen LogP contribution in [0.25, 0.3) is 11.3 Å². The summed E-state index contributed by atoms with van der Waals surface area (Å²) in [5, 5.41) is 5.31. The van der Waals surface area contributed by atoms with Gasteiger partial charge in [0.25, 0.3) is 5.91 Å². The molecule has 1 N–H and O–H groups in total. The summed E-state index contributed by atoms with van der Waals surface area (Å²) in [6.07, 6.45) is -4.52. The fourth-order valence-electron chi connectivity index (χ4n) is 2.15. The van der Waals surface area contributed by atoms with Crippen LogP contribution >= 0.6 is 34.5 Å². The van der Waals surface area contributed by atoms with Crippen molar-refractivity contribution >= 4 is 45.6 Å². The molecule has 26 heavy (non-hydrogen) atoms. The van der Waals surface area contributed by atoms with Crippen molar-refractivity contribution in [3.8, 4) is 11.3 Å². The third-order valence-electron chi connectivity index (χ3n) is 3.38. The highest BCUT2D eigenvalue weighted by atomic mass is 35.5. The van der Waals surface area contributed by atoms with Crippen LogP contribution < -0.4 is 5.32 Å². The van der Waals surface area contributed by atoms with E-state index in [1.54, 1.807) is 23.6 Å². The fourth-order valence-corrected chi connectivity index (χ4v) is 3.25. The van der Waals surface area contributed by atoms with Gasteiger partial charge in [-0.25, -0.2) is 4.98 Å². The fraction of sp³-hybridized carbons (Fsp3) is 0.0588. The van der Waals surface area contributed by atoms with E-state index in [1.807, 2.05) is 0 Å². The normalized spacial score (nSPS) is 11.4. The zero-order valence-electron chi connectivity index (χ0n) is 12.8. The number of nitrogens with zero attached hydrogens (tertiary/aromatic N) is 1. The van der Waals surface area contributed by atoms with Crippen LogP contribution in [0.5, 0.6) is 0 Å². The Morgan fingerprint density at radius 1 is 1.12 bits per heavy atom. The number of nitrogens with one attached hydrogen (secondary N) is 1. The first-order valence-corrected chi connectivity index (χ1v) is 8.77. The Hall–Kier alpha value is -2.09. The van der Waals surface area contributed by atoms with Crippen LogP contribution in [0.3, 0.4) is 0 Å². The molecule has 0 aliphatic carbocycles. The number of thiazole rings is 1. The van der Waals surface area contributed by atoms with Gasteiger partial charge in [-0.2, -0.15) is 13.2 Å². The highest BCUT2D eigenvalue weighted by molar-refractivity contribution is 7.14. The van der Waals surface area contributed by atoms with Crippen molar-refractivity contribution in [1.29, 1.82) is 0 Å². The lowest BCUT2D eigenvalue weighted by molar-refractivity contribution is -0.137. The molecule has 0 bridgehead atoms. The number of alkyl halides is 3. The van der Waals surface area contributed by atoms with Crippen molar-refractivity contribution in [3.05, 3.63) is 69.0 Å². The van der Waals surface area contributed by atoms with Crippen molar-refractivity contribution < 1.29 is 18.0 Å². The number of hydrogen-bond acceptors (Lipinski definition) is 3. The topological polar surface area (TPSA) is 42.0 Å². The molecule has 134 valence electrons. The molecule has 1 aromatic heterocycles. The van der Waals surface area contributed by atoms with Gasteiger partial charge in [0, 0.05) is 21.5 Å². The minimum absolute atomic E-state index is 0.114. The van der Waals surface area contributed by atoms with Crippen LogP contribution in [0, 0.1) is 0 Å². The number of benzene rings is 2. The number of aromatic nitrogens is 1. The summed E-state index contributed by atoms with van der Waals surface area (Å²) in [4.78, 5) is 16.4. The van der Waals surface area contributed by atoms with E-state index in [2.05, 4.69) is 10.3 Å². The van der Waals surface area contributed by atoms with E-state index < -0.39 is 17.6 Å². The second kappa shape index (κ2) is 7.26. The van der Waals surface area contributed by atoms with Crippen LogP contribution in [0.2, 0.25) is 10.0 Å². The Bertz CT molecular complexity index is 973. The Balaban J connectivity index is 1.81. The van der Waals surface area contributed by atoms with Gasteiger partial charge in [0.1, 0.15) is 0 Å².